The van der Waals surface area contributed by atoms with Gasteiger partial charge in [0.15, 0.2) is 0 Å². The molecule has 2 aromatic rings. The Labute approximate surface area is 117 Å². The van der Waals surface area contributed by atoms with Crippen LogP contribution in [-0.4, -0.2) is 12.6 Å². The zero-order chi connectivity index (χ0) is 14.5. The highest BCUT2D eigenvalue weighted by Crippen LogP contribution is 2.24. The predicted octanol–water partition coefficient (Wildman–Crippen LogP) is 2.98. The minimum Gasteiger partial charge on any atom is -0.462 e. The average molecular weight is 266 g/mol. The van der Waals surface area contributed by atoms with Gasteiger partial charge in [0.25, 0.3) is 0 Å². The molecule has 2 N–H and O–H groups in total. The number of benzene rings is 2. The van der Waals surface area contributed by atoms with Crippen molar-refractivity contribution in [3.05, 3.63) is 53.6 Å². The van der Waals surface area contributed by atoms with Gasteiger partial charge >= 0.3 is 5.97 Å². The number of carbonyl (C=O) groups is 1. The van der Waals surface area contributed by atoms with Gasteiger partial charge in [-0.05, 0) is 42.3 Å². The molecule has 0 fully saturated rings. The number of hydrogen-bond donors (Lipinski definition) is 1. The summed E-state index contributed by atoms with van der Waals surface area (Å²) in [5.41, 5.74) is 8.70. The molecule has 0 spiro atoms. The standard InChI is InChI=1S/C16H14N2O2/c1-2-20-16(19)15-7-6-12(8-13(15)10-17)11-4-3-5-14(18)9-11/h3-9H,2,18H2,1H3. The van der Waals surface area contributed by atoms with Crippen LogP contribution >= 0.6 is 0 Å². The molecular weight excluding hydrogens is 252 g/mol. The third-order valence-electron chi connectivity index (χ3n) is 2.86. The van der Waals surface area contributed by atoms with E-state index in [0.717, 1.165) is 11.1 Å². The zero-order valence-corrected chi connectivity index (χ0v) is 11.1. The fraction of sp³-hybridized carbons (Fsp3) is 0.125. The molecule has 20 heavy (non-hydrogen) atoms. The molecule has 0 bridgehead atoms. The molecule has 100 valence electrons. The number of nitrogen functional groups attached to an aromatic ring is 1. The lowest BCUT2D eigenvalue weighted by molar-refractivity contribution is 0.0526. The highest BCUT2D eigenvalue weighted by molar-refractivity contribution is 5.93. The van der Waals surface area contributed by atoms with Crippen molar-refractivity contribution in [2.24, 2.45) is 0 Å². The van der Waals surface area contributed by atoms with Crippen molar-refractivity contribution < 1.29 is 9.53 Å². The van der Waals surface area contributed by atoms with Crippen molar-refractivity contribution in [2.45, 2.75) is 6.92 Å². The van der Waals surface area contributed by atoms with E-state index in [1.807, 2.05) is 24.3 Å². The summed E-state index contributed by atoms with van der Waals surface area (Å²) in [6, 6.07) is 14.4. The predicted molar refractivity (Wildman–Crippen MR) is 77.0 cm³/mol. The van der Waals surface area contributed by atoms with Gasteiger partial charge in [-0.15, -0.1) is 0 Å². The Balaban J connectivity index is 2.45. The lowest BCUT2D eigenvalue weighted by atomic mass is 9.99. The fourth-order valence-electron chi connectivity index (χ4n) is 1.92. The molecule has 0 saturated heterocycles. The maximum absolute atomic E-state index is 11.7. The summed E-state index contributed by atoms with van der Waals surface area (Å²) in [5.74, 6) is -0.483. The Morgan fingerprint density at radius 3 is 2.65 bits per heavy atom. The maximum Gasteiger partial charge on any atom is 0.339 e. The van der Waals surface area contributed by atoms with E-state index < -0.39 is 5.97 Å². The van der Waals surface area contributed by atoms with Gasteiger partial charge in [-0.1, -0.05) is 18.2 Å². The summed E-state index contributed by atoms with van der Waals surface area (Å²) in [5, 5.41) is 9.18. The number of anilines is 1. The number of hydrogen-bond acceptors (Lipinski definition) is 4. The van der Waals surface area contributed by atoms with Gasteiger partial charge in [0, 0.05) is 5.69 Å². The Kier molecular flexibility index (Phi) is 4.02. The topological polar surface area (TPSA) is 76.1 Å². The molecule has 0 atom stereocenters. The monoisotopic (exact) mass is 266 g/mol. The number of esters is 1. The first-order valence-corrected chi connectivity index (χ1v) is 6.23. The summed E-state index contributed by atoms with van der Waals surface area (Å²) in [4.78, 5) is 11.7. The molecule has 0 radical (unpaired) electrons. The number of nitriles is 1. The van der Waals surface area contributed by atoms with E-state index in [0.29, 0.717) is 11.3 Å². The second-order valence-electron chi connectivity index (χ2n) is 4.22. The van der Waals surface area contributed by atoms with Gasteiger partial charge in [0.2, 0.25) is 0 Å². The minimum atomic E-state index is -0.483. The molecule has 0 heterocycles. The van der Waals surface area contributed by atoms with Crippen LogP contribution in [-0.2, 0) is 4.74 Å². The Morgan fingerprint density at radius 2 is 2.00 bits per heavy atom. The van der Waals surface area contributed by atoms with Crippen LogP contribution in [0.2, 0.25) is 0 Å². The highest BCUT2D eigenvalue weighted by Gasteiger charge is 2.13. The van der Waals surface area contributed by atoms with Crippen molar-refractivity contribution in [3.8, 4) is 17.2 Å². The lowest BCUT2D eigenvalue weighted by Crippen LogP contribution is -2.07. The van der Waals surface area contributed by atoms with Crippen LogP contribution in [0.25, 0.3) is 11.1 Å². The Morgan fingerprint density at radius 1 is 1.25 bits per heavy atom. The smallest absolute Gasteiger partial charge is 0.339 e. The SMILES string of the molecule is CCOC(=O)c1ccc(-c2cccc(N)c2)cc1C#N. The first-order valence-electron chi connectivity index (χ1n) is 6.23. The summed E-state index contributed by atoms with van der Waals surface area (Å²) in [6.45, 7) is 2.01. The van der Waals surface area contributed by atoms with E-state index in [4.69, 9.17) is 10.5 Å². The molecule has 4 heteroatoms. The molecule has 2 aromatic carbocycles. The summed E-state index contributed by atoms with van der Waals surface area (Å²) in [7, 11) is 0. The van der Waals surface area contributed by atoms with E-state index in [1.54, 1.807) is 31.2 Å². The molecule has 0 aliphatic carbocycles. The molecule has 0 saturated carbocycles. The third-order valence-corrected chi connectivity index (χ3v) is 2.86. The highest BCUT2D eigenvalue weighted by atomic mass is 16.5. The second kappa shape index (κ2) is 5.89. The van der Waals surface area contributed by atoms with Crippen LogP contribution in [0.1, 0.15) is 22.8 Å². The fourth-order valence-corrected chi connectivity index (χ4v) is 1.92. The van der Waals surface area contributed by atoms with E-state index in [1.165, 1.54) is 0 Å². The maximum atomic E-state index is 11.7. The second-order valence-corrected chi connectivity index (χ2v) is 4.22. The van der Waals surface area contributed by atoms with Crippen molar-refractivity contribution in [1.82, 2.24) is 0 Å². The van der Waals surface area contributed by atoms with Gasteiger partial charge in [-0.3, -0.25) is 0 Å². The summed E-state index contributed by atoms with van der Waals surface area (Å²) < 4.78 is 4.93. The van der Waals surface area contributed by atoms with Gasteiger partial charge < -0.3 is 10.5 Å². The normalized spacial score (nSPS) is 9.80. The molecule has 2 rings (SSSR count). The van der Waals surface area contributed by atoms with Crippen LogP contribution in [0, 0.1) is 11.3 Å². The average Bonchev–Trinajstić information content (AvgIpc) is 2.46. The van der Waals surface area contributed by atoms with Crippen LogP contribution in [0.4, 0.5) is 5.69 Å². The van der Waals surface area contributed by atoms with Crippen molar-refractivity contribution in [3.63, 3.8) is 0 Å². The molecule has 0 aromatic heterocycles. The van der Waals surface area contributed by atoms with Gasteiger partial charge in [-0.25, -0.2) is 4.79 Å². The molecular formula is C16H14N2O2. The summed E-state index contributed by atoms with van der Waals surface area (Å²) in [6.07, 6.45) is 0. The molecule has 0 amide bonds. The number of ether oxygens (including phenoxy) is 1. The van der Waals surface area contributed by atoms with Crippen LogP contribution in [0.15, 0.2) is 42.5 Å². The molecule has 0 aliphatic rings. The van der Waals surface area contributed by atoms with Gasteiger partial charge in [-0.2, -0.15) is 5.26 Å². The molecule has 0 aliphatic heterocycles. The molecule has 0 unspecified atom stereocenters. The van der Waals surface area contributed by atoms with Crippen molar-refractivity contribution in [1.29, 1.82) is 5.26 Å². The van der Waals surface area contributed by atoms with Crippen molar-refractivity contribution >= 4 is 11.7 Å². The Bertz CT molecular complexity index is 687. The van der Waals surface area contributed by atoms with E-state index in [9.17, 15) is 10.1 Å². The number of nitrogens with zero attached hydrogens (tertiary/aromatic N) is 1. The first-order chi connectivity index (χ1) is 9.65. The number of rotatable bonds is 3. The van der Waals surface area contributed by atoms with Crippen LogP contribution in [0.3, 0.4) is 0 Å². The van der Waals surface area contributed by atoms with E-state index in [-0.39, 0.29) is 12.2 Å². The van der Waals surface area contributed by atoms with E-state index >= 15 is 0 Å². The largest absolute Gasteiger partial charge is 0.462 e. The molecule has 4 nitrogen and oxygen atoms in total. The van der Waals surface area contributed by atoms with Gasteiger partial charge in [0.1, 0.15) is 6.07 Å². The zero-order valence-electron chi connectivity index (χ0n) is 11.1. The van der Waals surface area contributed by atoms with Crippen LogP contribution < -0.4 is 5.73 Å². The minimum absolute atomic E-state index is 0.278. The third kappa shape index (κ3) is 2.78. The van der Waals surface area contributed by atoms with E-state index in [2.05, 4.69) is 0 Å². The number of nitrogens with two attached hydrogens (primary N) is 1. The summed E-state index contributed by atoms with van der Waals surface area (Å²) >= 11 is 0. The number of carbonyl (C=O) groups excluding carboxylic acids is 1. The lowest BCUT2D eigenvalue weighted by Gasteiger charge is -2.07. The van der Waals surface area contributed by atoms with Crippen LogP contribution in [0.5, 0.6) is 0 Å². The van der Waals surface area contributed by atoms with Gasteiger partial charge in [0.05, 0.1) is 17.7 Å². The van der Waals surface area contributed by atoms with Crippen molar-refractivity contribution in [2.75, 3.05) is 12.3 Å². The Hall–Kier alpha value is -2.80. The quantitative estimate of drug-likeness (QED) is 0.684. The first kappa shape index (κ1) is 13.6.